The van der Waals surface area contributed by atoms with E-state index in [-0.39, 0.29) is 42.0 Å². The van der Waals surface area contributed by atoms with Crippen molar-refractivity contribution in [3.8, 4) is 6.07 Å². The van der Waals surface area contributed by atoms with E-state index in [1.165, 1.54) is 23.6 Å². The minimum atomic E-state index is -0.578. The van der Waals surface area contributed by atoms with E-state index in [9.17, 15) is 29.2 Å². The summed E-state index contributed by atoms with van der Waals surface area (Å²) in [5.74, 6) is -1.90. The molecular weight excluding hydrogens is 646 g/mol. The van der Waals surface area contributed by atoms with E-state index in [2.05, 4.69) is 44.0 Å². The van der Waals surface area contributed by atoms with Crippen LogP contribution < -0.4 is 10.6 Å². The maximum absolute atomic E-state index is 13.1. The number of nitrogens with zero attached hydrogens (tertiary/aromatic N) is 5. The van der Waals surface area contributed by atoms with Gasteiger partial charge in [-0.3, -0.25) is 39.1 Å². The lowest BCUT2D eigenvalue weighted by molar-refractivity contribution is -0.125. The monoisotopic (exact) mass is 683 g/mol. The molecule has 2 aromatic heterocycles. The van der Waals surface area contributed by atoms with Crippen LogP contribution in [0.25, 0.3) is 21.9 Å². The molecule has 1 aliphatic rings. The molecule has 5 aromatic rings. The Labute approximate surface area is 294 Å². The predicted molar refractivity (Wildman–Crippen MR) is 190 cm³/mol. The molecule has 1 aliphatic heterocycles. The molecule has 0 aliphatic carbocycles. The van der Waals surface area contributed by atoms with E-state index in [4.69, 9.17) is 0 Å². The smallest absolute Gasteiger partial charge is 0.261 e. The Kier molecular flexibility index (Phi) is 10.6. The van der Waals surface area contributed by atoms with Crippen LogP contribution in [0, 0.1) is 11.3 Å². The lowest BCUT2D eigenvalue weighted by Crippen LogP contribution is -2.38. The van der Waals surface area contributed by atoms with Crippen LogP contribution in [-0.2, 0) is 29.2 Å². The zero-order chi connectivity index (χ0) is 35.9. The molecule has 0 spiro atoms. The average molecular weight is 684 g/mol. The molecule has 258 valence electrons. The fourth-order valence-corrected chi connectivity index (χ4v) is 6.53. The van der Waals surface area contributed by atoms with Gasteiger partial charge in [-0.25, -0.2) is 4.98 Å². The molecule has 3 heterocycles. The van der Waals surface area contributed by atoms with Crippen LogP contribution in [0.15, 0.2) is 85.1 Å². The highest BCUT2D eigenvalue weighted by Gasteiger charge is 2.38. The number of hydrogen-bond donors (Lipinski definition) is 2. The largest absolute Gasteiger partial charge is 0.348 e. The van der Waals surface area contributed by atoms with Gasteiger partial charge in [0.05, 0.1) is 22.7 Å². The maximum Gasteiger partial charge on any atom is 0.261 e. The second-order valence-electron chi connectivity index (χ2n) is 12.5. The molecular formula is C39H37N7O5. The molecule has 2 N–H and O–H groups in total. The van der Waals surface area contributed by atoms with Crippen molar-refractivity contribution in [3.63, 3.8) is 0 Å². The summed E-state index contributed by atoms with van der Waals surface area (Å²) in [6.45, 7) is 4.65. The fourth-order valence-electron chi connectivity index (χ4n) is 6.53. The Morgan fingerprint density at radius 1 is 0.941 bits per heavy atom. The van der Waals surface area contributed by atoms with Gasteiger partial charge in [-0.2, -0.15) is 5.26 Å². The number of pyridine rings is 1. The standard InChI is InChI=1S/C39H37N7O5/c1-26(9-16-35(48)43-25-47)46-38(50)32-15-14-29(22-33(32)39(46)51)37(49)42-23-27-10-12-28(13-11-27)24-44(19-5-17-40)20-21-45-34-8-3-2-6-30(34)31-7-4-18-41-36(31)45/h2-4,6-8,10-15,18,22,25-26H,5,9,16,19-21,23-24H2,1H3,(H,42,49)(H,43,47,48). The first-order valence-electron chi connectivity index (χ1n) is 16.8. The number of fused-ring (bicyclic) bond motifs is 4. The topological polar surface area (TPSA) is 158 Å². The summed E-state index contributed by atoms with van der Waals surface area (Å²) in [4.78, 5) is 69.3. The van der Waals surface area contributed by atoms with E-state index in [0.29, 0.717) is 25.9 Å². The van der Waals surface area contributed by atoms with Crippen LogP contribution >= 0.6 is 0 Å². The number of hydrogen-bond acceptors (Lipinski definition) is 8. The molecule has 1 atom stereocenters. The molecule has 0 radical (unpaired) electrons. The van der Waals surface area contributed by atoms with Crippen LogP contribution in [0.2, 0.25) is 0 Å². The maximum atomic E-state index is 13.1. The Morgan fingerprint density at radius 2 is 1.69 bits per heavy atom. The Hall–Kier alpha value is -6.19. The van der Waals surface area contributed by atoms with Gasteiger partial charge in [0.15, 0.2) is 0 Å². The van der Waals surface area contributed by atoms with E-state index in [0.717, 1.165) is 45.7 Å². The van der Waals surface area contributed by atoms with Gasteiger partial charge in [-0.05, 0) is 60.9 Å². The summed E-state index contributed by atoms with van der Waals surface area (Å²) in [7, 11) is 0. The number of rotatable bonds is 15. The van der Waals surface area contributed by atoms with Gasteiger partial charge in [-0.1, -0.05) is 42.5 Å². The summed E-state index contributed by atoms with van der Waals surface area (Å²) in [6.07, 6.45) is 2.68. The number of carbonyl (C=O) groups is 5. The Bertz CT molecular complexity index is 2120. The molecule has 0 saturated heterocycles. The predicted octanol–water partition coefficient (Wildman–Crippen LogP) is 4.57. The summed E-state index contributed by atoms with van der Waals surface area (Å²) < 4.78 is 2.24. The number of amides is 5. The average Bonchev–Trinajstić information content (AvgIpc) is 3.61. The Balaban J connectivity index is 1.05. The van der Waals surface area contributed by atoms with Crippen molar-refractivity contribution in [1.82, 2.24) is 30.0 Å². The highest BCUT2D eigenvalue weighted by Crippen LogP contribution is 2.28. The second-order valence-corrected chi connectivity index (χ2v) is 12.5. The van der Waals surface area contributed by atoms with Crippen LogP contribution in [0.5, 0.6) is 0 Å². The highest BCUT2D eigenvalue weighted by molar-refractivity contribution is 6.22. The number of benzene rings is 3. The van der Waals surface area contributed by atoms with Gasteiger partial charge in [0.2, 0.25) is 12.3 Å². The molecule has 0 fully saturated rings. The summed E-state index contributed by atoms with van der Waals surface area (Å²) in [5, 5.41) is 16.5. The molecule has 1 unspecified atom stereocenters. The number of aromatic nitrogens is 2. The lowest BCUT2D eigenvalue weighted by Gasteiger charge is -2.22. The van der Waals surface area contributed by atoms with Gasteiger partial charge in [0.1, 0.15) is 5.65 Å². The third kappa shape index (κ3) is 7.54. The Morgan fingerprint density at radius 3 is 2.47 bits per heavy atom. The SMILES string of the molecule is CC(CCC(=O)NC=O)N1C(=O)c2ccc(C(=O)NCc3ccc(CN(CCC#N)CCn4c5ccccc5c5cccnc54)cc3)cc2C1=O. The first-order chi connectivity index (χ1) is 24.8. The summed E-state index contributed by atoms with van der Waals surface area (Å²) in [5.41, 5.74) is 4.62. The van der Waals surface area contributed by atoms with E-state index in [1.54, 1.807) is 6.92 Å². The quantitative estimate of drug-likeness (QED) is 0.120. The van der Waals surface area contributed by atoms with Gasteiger partial charge in [-0.15, -0.1) is 0 Å². The van der Waals surface area contributed by atoms with Gasteiger partial charge in [0, 0.05) is 74.1 Å². The van der Waals surface area contributed by atoms with Crippen molar-refractivity contribution >= 4 is 52.0 Å². The van der Waals surface area contributed by atoms with Crippen LogP contribution in [0.3, 0.4) is 0 Å². The summed E-state index contributed by atoms with van der Waals surface area (Å²) in [6, 6.07) is 26.4. The van der Waals surface area contributed by atoms with E-state index < -0.39 is 23.8 Å². The van der Waals surface area contributed by atoms with Crippen molar-refractivity contribution < 1.29 is 24.0 Å². The fraction of sp³-hybridized carbons (Fsp3) is 0.256. The molecule has 3 aromatic carbocycles. The van der Waals surface area contributed by atoms with Crippen LogP contribution in [0.4, 0.5) is 0 Å². The normalized spacial score (nSPS) is 13.0. The van der Waals surface area contributed by atoms with Crippen molar-refractivity contribution in [3.05, 3.63) is 113 Å². The minimum absolute atomic E-state index is 0.0248. The third-order valence-corrected chi connectivity index (χ3v) is 9.22. The number of nitriles is 1. The highest BCUT2D eigenvalue weighted by atomic mass is 16.2. The van der Waals surface area contributed by atoms with E-state index in [1.807, 2.05) is 54.0 Å². The number of carbonyl (C=O) groups excluding carboxylic acids is 5. The van der Waals surface area contributed by atoms with Crippen LogP contribution in [0.1, 0.15) is 68.4 Å². The molecule has 51 heavy (non-hydrogen) atoms. The third-order valence-electron chi connectivity index (χ3n) is 9.22. The number of imide groups is 2. The first kappa shape index (κ1) is 34.7. The molecule has 0 saturated carbocycles. The molecule has 12 nitrogen and oxygen atoms in total. The number of para-hydroxylation sites is 1. The van der Waals surface area contributed by atoms with Crippen LogP contribution in [-0.4, -0.2) is 68.5 Å². The van der Waals surface area contributed by atoms with Gasteiger partial charge in [0.25, 0.3) is 17.7 Å². The van der Waals surface area contributed by atoms with Crippen molar-refractivity contribution in [2.45, 2.75) is 51.9 Å². The van der Waals surface area contributed by atoms with E-state index >= 15 is 0 Å². The van der Waals surface area contributed by atoms with Crippen molar-refractivity contribution in [2.24, 2.45) is 0 Å². The zero-order valence-electron chi connectivity index (χ0n) is 28.2. The van der Waals surface area contributed by atoms with Crippen molar-refractivity contribution in [2.75, 3.05) is 13.1 Å². The molecule has 0 bridgehead atoms. The second kappa shape index (κ2) is 15.6. The zero-order valence-corrected chi connectivity index (χ0v) is 28.2. The number of nitrogens with one attached hydrogen (secondary N) is 2. The molecule has 12 heteroatoms. The first-order valence-corrected chi connectivity index (χ1v) is 16.8. The van der Waals surface area contributed by atoms with Gasteiger partial charge >= 0.3 is 0 Å². The minimum Gasteiger partial charge on any atom is -0.348 e. The summed E-state index contributed by atoms with van der Waals surface area (Å²) >= 11 is 0. The lowest BCUT2D eigenvalue weighted by atomic mass is 10.1. The molecule has 6 rings (SSSR count). The van der Waals surface area contributed by atoms with Gasteiger partial charge < -0.3 is 9.88 Å². The molecule has 5 amide bonds. The van der Waals surface area contributed by atoms with Crippen molar-refractivity contribution in [1.29, 1.82) is 5.26 Å².